The van der Waals surface area contributed by atoms with Gasteiger partial charge in [0, 0.05) is 23.6 Å². The van der Waals surface area contributed by atoms with Crippen molar-refractivity contribution in [2.24, 2.45) is 0 Å². The zero-order valence-corrected chi connectivity index (χ0v) is 40.9. The number of esters is 3. The molecule has 81 heavy (non-hydrogen) atoms. The Balaban J connectivity index is 0.000000176. The Labute approximate surface area is 448 Å². The van der Waals surface area contributed by atoms with Crippen molar-refractivity contribution in [3.8, 4) is 33.8 Å². The number of carbonyl (C=O) groups excluding carboxylic acids is 10. The molecule has 0 bridgehead atoms. The van der Waals surface area contributed by atoms with Crippen LogP contribution < -0.4 is 0 Å². The van der Waals surface area contributed by atoms with Gasteiger partial charge in [-0.05, 0) is 36.4 Å². The molecule has 0 fully saturated rings. The highest BCUT2D eigenvalue weighted by Crippen LogP contribution is 2.39. The lowest BCUT2D eigenvalue weighted by atomic mass is 9.88. The van der Waals surface area contributed by atoms with Gasteiger partial charge in [0.05, 0.1) is 56.2 Å². The predicted molar refractivity (Wildman–Crippen MR) is 264 cm³/mol. The molecule has 0 unspecified atom stereocenters. The third-order valence-electron chi connectivity index (χ3n) is 11.4. The highest BCUT2D eigenvalue weighted by atomic mass is 16.5. The van der Waals surface area contributed by atoms with Gasteiger partial charge in [-0.25, -0.2) is 53.3 Å². The molecule has 0 spiro atoms. The average Bonchev–Trinajstić information content (AvgIpc) is 4.28. The SMILES string of the molecule is C=CCOC(=O)c1cc(C(=O)OCC=C)c2c(n1)C(=O)C(=O)c1cc(C(C)=O)[nH]c1-2.C=CCOC(=O)c1cc2c([nH]1)-c1c(C(=O)O)cc(C(=O)O)nc1C(=O)C2=O.O=C(O)c1cc(C(=O)O)c2c(n1)C(=O)C(=O)c1cc(C(=O)O)[nH]c1-2. The van der Waals surface area contributed by atoms with E-state index >= 15 is 0 Å². The largest absolute Gasteiger partial charge is 0.478 e. The first-order valence-corrected chi connectivity index (χ1v) is 22.4. The number of carbonyl (C=O) groups is 15. The van der Waals surface area contributed by atoms with Crippen molar-refractivity contribution in [3.05, 3.63) is 159 Å². The maximum absolute atomic E-state index is 12.7. The van der Waals surface area contributed by atoms with E-state index in [9.17, 15) is 82.1 Å². The monoisotopic (exact) mass is 1110 g/mol. The zero-order valence-electron chi connectivity index (χ0n) is 40.9. The highest BCUT2D eigenvalue weighted by Gasteiger charge is 2.41. The number of Topliss-reactive ketones (excluding diaryl/α,β-unsaturated/α-hetero) is 7. The average molecular weight is 1110 g/mol. The summed E-state index contributed by atoms with van der Waals surface area (Å²) in [5.41, 5.74) is -6.79. The van der Waals surface area contributed by atoms with Crippen molar-refractivity contribution in [2.45, 2.75) is 6.92 Å². The fourth-order valence-corrected chi connectivity index (χ4v) is 7.94. The number of hydrogen-bond donors (Lipinski definition) is 8. The van der Waals surface area contributed by atoms with Crippen molar-refractivity contribution < 1.29 is 112 Å². The molecule has 0 atom stereocenters. The number of aromatic amines is 3. The van der Waals surface area contributed by atoms with E-state index in [1.54, 1.807) is 0 Å². The predicted octanol–water partition coefficient (Wildman–Crippen LogP) is 4.09. The van der Waals surface area contributed by atoms with Crippen LogP contribution in [0.25, 0.3) is 33.8 Å². The summed E-state index contributed by atoms with van der Waals surface area (Å²) in [6.45, 7) is 11.2. The van der Waals surface area contributed by atoms with Gasteiger partial charge >= 0.3 is 47.8 Å². The summed E-state index contributed by atoms with van der Waals surface area (Å²) in [4.78, 5) is 198. The molecule has 9 rings (SSSR count). The minimum absolute atomic E-state index is 0.0311. The van der Waals surface area contributed by atoms with Gasteiger partial charge in [-0.1, -0.05) is 38.0 Å². The van der Waals surface area contributed by atoms with Crippen LogP contribution in [-0.2, 0) is 14.2 Å². The minimum Gasteiger partial charge on any atom is -0.478 e. The Hall–Kier alpha value is -12.0. The third kappa shape index (κ3) is 10.5. The molecule has 0 saturated heterocycles. The number of ketones is 7. The summed E-state index contributed by atoms with van der Waals surface area (Å²) < 4.78 is 14.8. The molecule has 6 aromatic heterocycles. The molecule has 29 heteroatoms. The first kappa shape index (κ1) is 56.7. The van der Waals surface area contributed by atoms with Crippen LogP contribution in [0.1, 0.15) is 163 Å². The lowest BCUT2D eigenvalue weighted by Crippen LogP contribution is -2.26. The number of carboxylic acid groups (broad SMARTS) is 5. The van der Waals surface area contributed by atoms with E-state index in [1.165, 1.54) is 31.2 Å². The summed E-state index contributed by atoms with van der Waals surface area (Å²) >= 11 is 0. The lowest BCUT2D eigenvalue weighted by molar-refractivity contribution is 0.0530. The first-order valence-electron chi connectivity index (χ1n) is 22.4. The van der Waals surface area contributed by atoms with Crippen LogP contribution in [0, 0.1) is 0 Å². The van der Waals surface area contributed by atoms with Crippen molar-refractivity contribution in [2.75, 3.05) is 19.8 Å². The van der Waals surface area contributed by atoms with Gasteiger partial charge in [0.2, 0.25) is 17.3 Å². The lowest BCUT2D eigenvalue weighted by Gasteiger charge is -2.18. The van der Waals surface area contributed by atoms with E-state index in [2.05, 4.69) is 49.6 Å². The zero-order chi connectivity index (χ0) is 59.6. The third-order valence-corrected chi connectivity index (χ3v) is 11.4. The second-order valence-corrected chi connectivity index (χ2v) is 16.5. The van der Waals surface area contributed by atoms with Crippen molar-refractivity contribution in [1.29, 1.82) is 0 Å². The van der Waals surface area contributed by atoms with Gasteiger partial charge in [0.15, 0.2) is 5.78 Å². The van der Waals surface area contributed by atoms with Gasteiger partial charge in [0.25, 0.3) is 17.3 Å². The fourth-order valence-electron chi connectivity index (χ4n) is 7.94. The number of carboxylic acids is 5. The number of H-pyrrole nitrogens is 3. The van der Waals surface area contributed by atoms with Gasteiger partial charge in [-0.3, -0.25) is 33.6 Å². The van der Waals surface area contributed by atoms with E-state index in [1.807, 2.05) is 0 Å². The molecule has 3 aliphatic rings. The topological polar surface area (TPSA) is 471 Å². The van der Waals surface area contributed by atoms with Crippen LogP contribution in [0.15, 0.2) is 74.4 Å². The van der Waals surface area contributed by atoms with Gasteiger partial charge in [-0.2, -0.15) is 0 Å². The molecular formula is C52H32N6O23. The van der Waals surface area contributed by atoms with Crippen LogP contribution in [-0.4, -0.2) is 163 Å². The van der Waals surface area contributed by atoms with Crippen LogP contribution >= 0.6 is 0 Å². The number of aromatic carboxylic acids is 5. The van der Waals surface area contributed by atoms with Gasteiger partial charge in [0.1, 0.15) is 65.4 Å². The molecule has 3 aliphatic carbocycles. The number of aromatic nitrogens is 6. The van der Waals surface area contributed by atoms with Crippen molar-refractivity contribution >= 4 is 88.2 Å². The van der Waals surface area contributed by atoms with E-state index in [4.69, 9.17) is 29.5 Å². The van der Waals surface area contributed by atoms with Crippen LogP contribution in [0.5, 0.6) is 0 Å². The molecule has 6 aromatic rings. The number of ether oxygens (including phenoxy) is 3. The minimum atomic E-state index is -1.58. The number of nitrogens with one attached hydrogen (secondary N) is 3. The Morgan fingerprint density at radius 3 is 1.14 bits per heavy atom. The van der Waals surface area contributed by atoms with Crippen LogP contribution in [0.3, 0.4) is 0 Å². The number of nitrogens with zero attached hydrogens (tertiary/aromatic N) is 3. The van der Waals surface area contributed by atoms with Gasteiger partial charge in [-0.15, -0.1) is 0 Å². The second kappa shape index (κ2) is 22.3. The maximum Gasteiger partial charge on any atom is 0.357 e. The maximum atomic E-state index is 12.7. The summed E-state index contributed by atoms with van der Waals surface area (Å²) in [5.74, 6) is -17.2. The molecule has 6 heterocycles. The molecule has 0 saturated carbocycles. The Bertz CT molecular complexity index is 4000. The molecule has 29 nitrogen and oxygen atoms in total. The molecule has 0 aliphatic heterocycles. The van der Waals surface area contributed by atoms with E-state index in [0.29, 0.717) is 0 Å². The first-order chi connectivity index (χ1) is 38.3. The summed E-state index contributed by atoms with van der Waals surface area (Å²) in [6, 6.07) is 5.84. The smallest absolute Gasteiger partial charge is 0.357 e. The quantitative estimate of drug-likeness (QED) is 0.0236. The molecule has 0 aromatic carbocycles. The Morgan fingerprint density at radius 1 is 0.420 bits per heavy atom. The van der Waals surface area contributed by atoms with Crippen molar-refractivity contribution in [1.82, 2.24) is 29.9 Å². The fraction of sp³-hybridized carbons (Fsp3) is 0.0769. The molecular weight excluding hydrogens is 1080 g/mol. The molecule has 408 valence electrons. The number of hydrogen-bond acceptors (Lipinski definition) is 21. The molecule has 0 radical (unpaired) electrons. The van der Waals surface area contributed by atoms with Crippen LogP contribution in [0.4, 0.5) is 0 Å². The van der Waals surface area contributed by atoms with Crippen molar-refractivity contribution in [3.63, 3.8) is 0 Å². The highest BCUT2D eigenvalue weighted by molar-refractivity contribution is 6.54. The normalized spacial score (nSPS) is 12.2. The summed E-state index contributed by atoms with van der Waals surface area (Å²) in [5, 5.41) is 45.8. The summed E-state index contributed by atoms with van der Waals surface area (Å²) in [7, 11) is 0. The number of rotatable bonds is 15. The molecule has 8 N–H and O–H groups in total. The van der Waals surface area contributed by atoms with E-state index in [-0.39, 0.29) is 98.7 Å². The van der Waals surface area contributed by atoms with E-state index < -0.39 is 128 Å². The van der Waals surface area contributed by atoms with Gasteiger partial charge < -0.3 is 54.7 Å². The Morgan fingerprint density at radius 2 is 0.753 bits per heavy atom. The summed E-state index contributed by atoms with van der Waals surface area (Å²) in [6.07, 6.45) is 4.00. The van der Waals surface area contributed by atoms with E-state index in [0.717, 1.165) is 30.3 Å². The van der Waals surface area contributed by atoms with Crippen LogP contribution in [0.2, 0.25) is 0 Å². The number of fused-ring (bicyclic) bond motifs is 9. The Kier molecular flexibility index (Phi) is 15.6. The molecule has 0 amide bonds. The number of pyridine rings is 3. The standard InChI is InChI=1S/C21H16N2O7.C17H10N2O8.C14H6N2O8/c1-4-6-29-20(27)11-8-14(21(28)30-7-5-2)23-17-15(11)16-12(18(25)19(17)26)9-13(22-16)10(3)24;1-2-3-27-17(26)9-5-7-11(19-9)10-6(15(22)23)4-8(16(24)25)18-12(10)14(21)13(7)20;17-10-4-2-6(14(23)24)15-8(4)7-3(12(19)20)1-5(13(21)22)16-9(7)11(10)18/h4-5,8-9,22H,1-2,6-7H2,3H3;2,4-5,19H,1,3H2,(H,22,23)(H,24,25);1-2,15H,(H,19,20)(H,21,22)(H,23,24). The second-order valence-electron chi connectivity index (χ2n) is 16.5.